The zero-order chi connectivity index (χ0) is 13.4. The van der Waals surface area contributed by atoms with E-state index in [-0.39, 0.29) is 6.04 Å². The molecule has 3 heterocycles. The van der Waals surface area contributed by atoms with Crippen molar-refractivity contribution in [2.24, 2.45) is 0 Å². The summed E-state index contributed by atoms with van der Waals surface area (Å²) >= 11 is 6.01. The number of fused-ring (bicyclic) bond motifs is 1. The van der Waals surface area contributed by atoms with Gasteiger partial charge < -0.3 is 8.98 Å². The molecule has 0 N–H and O–H groups in total. The number of hydrogen-bond donors (Lipinski definition) is 0. The number of pyridine rings is 1. The zero-order valence-electron chi connectivity index (χ0n) is 10.8. The Morgan fingerprint density at radius 3 is 2.84 bits per heavy atom. The van der Waals surface area contributed by atoms with Gasteiger partial charge in [-0.1, -0.05) is 0 Å². The second kappa shape index (κ2) is 4.70. The highest BCUT2D eigenvalue weighted by atomic mass is 35.5. The Kier molecular flexibility index (Phi) is 3.03. The summed E-state index contributed by atoms with van der Waals surface area (Å²) in [5, 5.41) is 0. The first-order valence-electron chi connectivity index (χ1n) is 6.14. The van der Waals surface area contributed by atoms with E-state index in [2.05, 4.69) is 16.9 Å². The van der Waals surface area contributed by atoms with Crippen molar-refractivity contribution in [3.63, 3.8) is 0 Å². The van der Waals surface area contributed by atoms with E-state index in [0.29, 0.717) is 5.88 Å². The lowest BCUT2D eigenvalue weighted by Gasteiger charge is -2.14. The number of halogens is 1. The maximum absolute atomic E-state index is 6.01. The first kappa shape index (κ1) is 12.2. The minimum Gasteiger partial charge on any atom is -0.467 e. The van der Waals surface area contributed by atoms with Gasteiger partial charge in [-0.05, 0) is 38.1 Å². The van der Waals surface area contributed by atoms with Crippen LogP contribution in [0.15, 0.2) is 34.9 Å². The lowest BCUT2D eigenvalue weighted by molar-refractivity contribution is 0.445. The average Bonchev–Trinajstić information content (AvgIpc) is 3.04. The molecular formula is C14H14ClN3O. The summed E-state index contributed by atoms with van der Waals surface area (Å²) in [4.78, 5) is 9.11. The third kappa shape index (κ3) is 2.02. The fraction of sp³-hybridized carbons (Fsp3) is 0.286. The SMILES string of the molecule is Cc1ccc2nc(CCl)n(C(C)c3ccco3)c2n1. The lowest BCUT2D eigenvalue weighted by atomic mass is 10.2. The maximum Gasteiger partial charge on any atom is 0.160 e. The smallest absolute Gasteiger partial charge is 0.160 e. The van der Waals surface area contributed by atoms with Gasteiger partial charge in [0.2, 0.25) is 0 Å². The van der Waals surface area contributed by atoms with Gasteiger partial charge in [0.15, 0.2) is 5.65 Å². The Morgan fingerprint density at radius 2 is 2.16 bits per heavy atom. The summed E-state index contributed by atoms with van der Waals surface area (Å²) in [6, 6.07) is 7.77. The van der Waals surface area contributed by atoms with E-state index in [4.69, 9.17) is 16.0 Å². The third-order valence-corrected chi connectivity index (χ3v) is 3.45. The lowest BCUT2D eigenvalue weighted by Crippen LogP contribution is -2.10. The molecule has 19 heavy (non-hydrogen) atoms. The molecule has 1 unspecified atom stereocenters. The number of furan rings is 1. The molecule has 3 aromatic rings. The van der Waals surface area contributed by atoms with Crippen molar-refractivity contribution in [2.75, 3.05) is 0 Å². The van der Waals surface area contributed by atoms with Crippen LogP contribution in [0.25, 0.3) is 11.2 Å². The molecule has 0 aliphatic heterocycles. The number of nitrogens with zero attached hydrogens (tertiary/aromatic N) is 3. The molecule has 98 valence electrons. The summed E-state index contributed by atoms with van der Waals surface area (Å²) in [6.45, 7) is 4.02. The summed E-state index contributed by atoms with van der Waals surface area (Å²) in [5.41, 5.74) is 2.67. The van der Waals surface area contributed by atoms with Gasteiger partial charge in [0.25, 0.3) is 0 Å². The second-order valence-corrected chi connectivity index (χ2v) is 4.79. The van der Waals surface area contributed by atoms with E-state index in [1.807, 2.05) is 35.8 Å². The van der Waals surface area contributed by atoms with Crippen molar-refractivity contribution in [2.45, 2.75) is 25.8 Å². The Hall–Kier alpha value is -1.81. The van der Waals surface area contributed by atoms with Gasteiger partial charge in [-0.3, -0.25) is 0 Å². The largest absolute Gasteiger partial charge is 0.467 e. The van der Waals surface area contributed by atoms with E-state index in [1.165, 1.54) is 0 Å². The van der Waals surface area contributed by atoms with Crippen LogP contribution in [-0.4, -0.2) is 14.5 Å². The Balaban J connectivity index is 2.23. The van der Waals surface area contributed by atoms with Crippen molar-refractivity contribution in [3.8, 4) is 0 Å². The third-order valence-electron chi connectivity index (χ3n) is 3.21. The van der Waals surface area contributed by atoms with Crippen LogP contribution in [-0.2, 0) is 5.88 Å². The van der Waals surface area contributed by atoms with Gasteiger partial charge in [-0.25, -0.2) is 9.97 Å². The van der Waals surface area contributed by atoms with Crippen molar-refractivity contribution in [1.82, 2.24) is 14.5 Å². The van der Waals surface area contributed by atoms with Gasteiger partial charge in [0.1, 0.15) is 17.1 Å². The highest BCUT2D eigenvalue weighted by molar-refractivity contribution is 6.16. The zero-order valence-corrected chi connectivity index (χ0v) is 11.6. The number of aryl methyl sites for hydroxylation is 1. The van der Waals surface area contributed by atoms with Crippen LogP contribution in [0.2, 0.25) is 0 Å². The Bertz CT molecular complexity index is 703. The second-order valence-electron chi connectivity index (χ2n) is 4.52. The van der Waals surface area contributed by atoms with Gasteiger partial charge >= 0.3 is 0 Å². The van der Waals surface area contributed by atoms with Crippen LogP contribution >= 0.6 is 11.6 Å². The highest BCUT2D eigenvalue weighted by Gasteiger charge is 2.19. The Morgan fingerprint density at radius 1 is 1.32 bits per heavy atom. The van der Waals surface area contributed by atoms with E-state index in [9.17, 15) is 0 Å². The van der Waals surface area contributed by atoms with Crippen molar-refractivity contribution in [1.29, 1.82) is 0 Å². The fourth-order valence-corrected chi connectivity index (χ4v) is 2.46. The van der Waals surface area contributed by atoms with Crippen LogP contribution in [0.5, 0.6) is 0 Å². The molecule has 0 amide bonds. The molecule has 3 aromatic heterocycles. The van der Waals surface area contributed by atoms with Crippen LogP contribution in [0.3, 0.4) is 0 Å². The van der Waals surface area contributed by atoms with Gasteiger partial charge in [-0.2, -0.15) is 0 Å². The van der Waals surface area contributed by atoms with Crippen LogP contribution < -0.4 is 0 Å². The predicted octanol–water partition coefficient (Wildman–Crippen LogP) is 3.68. The summed E-state index contributed by atoms with van der Waals surface area (Å²) < 4.78 is 7.51. The molecule has 0 radical (unpaired) electrons. The van der Waals surface area contributed by atoms with Crippen LogP contribution in [0, 0.1) is 6.92 Å². The number of hydrogen-bond acceptors (Lipinski definition) is 3. The summed E-state index contributed by atoms with van der Waals surface area (Å²) in [5.74, 6) is 2.02. The highest BCUT2D eigenvalue weighted by Crippen LogP contribution is 2.26. The molecule has 4 nitrogen and oxygen atoms in total. The Labute approximate surface area is 116 Å². The molecule has 0 saturated carbocycles. The number of rotatable bonds is 3. The molecule has 0 fully saturated rings. The van der Waals surface area contributed by atoms with Gasteiger partial charge in [0, 0.05) is 5.69 Å². The summed E-state index contributed by atoms with van der Waals surface area (Å²) in [7, 11) is 0. The van der Waals surface area contributed by atoms with Crippen molar-refractivity contribution >= 4 is 22.8 Å². The molecule has 0 bridgehead atoms. The predicted molar refractivity (Wildman–Crippen MR) is 74.3 cm³/mol. The van der Waals surface area contributed by atoms with Gasteiger partial charge in [0.05, 0.1) is 18.2 Å². The number of imidazole rings is 1. The minimum absolute atomic E-state index is 0.0167. The molecule has 0 aromatic carbocycles. The van der Waals surface area contributed by atoms with E-state index in [1.54, 1.807) is 6.26 Å². The number of aromatic nitrogens is 3. The van der Waals surface area contributed by atoms with E-state index in [0.717, 1.165) is 28.4 Å². The molecule has 0 aliphatic rings. The van der Waals surface area contributed by atoms with Crippen LogP contribution in [0.4, 0.5) is 0 Å². The molecule has 0 saturated heterocycles. The van der Waals surface area contributed by atoms with Crippen molar-refractivity contribution < 1.29 is 4.42 Å². The average molecular weight is 276 g/mol. The molecule has 3 rings (SSSR count). The van der Waals surface area contributed by atoms with E-state index < -0.39 is 0 Å². The minimum atomic E-state index is 0.0167. The quantitative estimate of drug-likeness (QED) is 0.685. The van der Waals surface area contributed by atoms with E-state index >= 15 is 0 Å². The molecule has 1 atom stereocenters. The molecule has 0 aliphatic carbocycles. The maximum atomic E-state index is 6.01. The van der Waals surface area contributed by atoms with Gasteiger partial charge in [-0.15, -0.1) is 11.6 Å². The number of alkyl halides is 1. The standard InChI is InChI=1S/C14H14ClN3O/c1-9-5-6-11-14(16-9)18(13(8-15)17-11)10(2)12-4-3-7-19-12/h3-7,10H,8H2,1-2H3. The fourth-order valence-electron chi connectivity index (χ4n) is 2.27. The van der Waals surface area contributed by atoms with Crippen LogP contribution in [0.1, 0.15) is 30.2 Å². The summed E-state index contributed by atoms with van der Waals surface area (Å²) in [6.07, 6.45) is 1.67. The molecule has 0 spiro atoms. The van der Waals surface area contributed by atoms with Crippen molar-refractivity contribution in [3.05, 3.63) is 47.8 Å². The monoisotopic (exact) mass is 275 g/mol. The first-order valence-corrected chi connectivity index (χ1v) is 6.68. The molecule has 5 heteroatoms. The first-order chi connectivity index (χ1) is 9.20. The normalized spacial score (nSPS) is 13.0. The topological polar surface area (TPSA) is 43.9 Å². The molecular weight excluding hydrogens is 262 g/mol.